The number of rotatable bonds is 6. The topological polar surface area (TPSA) is 65.2 Å². The molecule has 0 radical (unpaired) electrons. The van der Waals surface area contributed by atoms with E-state index in [1.165, 1.54) is 5.56 Å². The maximum Gasteiger partial charge on any atom is 0.128 e. The molecule has 0 bridgehead atoms. The summed E-state index contributed by atoms with van der Waals surface area (Å²) in [5.41, 5.74) is 7.22. The Bertz CT molecular complexity index is 1540. The number of phenolic OH excluding ortho intramolecular Hbond substituents is 2. The van der Waals surface area contributed by atoms with Crippen molar-refractivity contribution in [2.75, 3.05) is 0 Å². The highest BCUT2D eigenvalue weighted by molar-refractivity contribution is 5.88. The lowest BCUT2D eigenvalue weighted by Crippen LogP contribution is -2.27. The van der Waals surface area contributed by atoms with Crippen LogP contribution in [0.1, 0.15) is 121 Å². The number of benzene rings is 3. The van der Waals surface area contributed by atoms with Gasteiger partial charge in [-0.25, -0.2) is 0 Å². The van der Waals surface area contributed by atoms with Gasteiger partial charge in [0.05, 0.1) is 12.1 Å². The molecule has 4 nitrogen and oxygen atoms in total. The van der Waals surface area contributed by atoms with Crippen molar-refractivity contribution in [1.82, 2.24) is 0 Å². The highest BCUT2D eigenvalue weighted by atomic mass is 16.3. The standard InChI is InChI=1S/C40H52N2O2/c1-11-26-16-18-27(19-17-26)28-20-29(36(43)32(22-28)39(5,6)7)24-41-34-14-12-13-15-35(34)42-25-30-21-31(38(2,3)4)23-33(37(30)44)40(8,9)10/h11,16-25,34-35,43-44H,1,12-15H2,2-10H3/b41-24+,42-25+/t34-,35-/m1/s1. The maximum atomic E-state index is 11.4. The van der Waals surface area contributed by atoms with Crippen molar-refractivity contribution in [3.05, 3.63) is 88.5 Å². The fourth-order valence-electron chi connectivity index (χ4n) is 5.86. The molecule has 0 heterocycles. The minimum atomic E-state index is -0.239. The van der Waals surface area contributed by atoms with E-state index >= 15 is 0 Å². The molecular weight excluding hydrogens is 540 g/mol. The molecule has 0 aromatic heterocycles. The Morgan fingerprint density at radius 1 is 0.636 bits per heavy atom. The highest BCUT2D eigenvalue weighted by Gasteiger charge is 2.27. The zero-order valence-corrected chi connectivity index (χ0v) is 28.3. The molecule has 1 aliphatic carbocycles. The minimum absolute atomic E-state index is 0.00282. The Kier molecular flexibility index (Phi) is 9.63. The monoisotopic (exact) mass is 592 g/mol. The first-order chi connectivity index (χ1) is 20.5. The molecule has 1 fully saturated rings. The van der Waals surface area contributed by atoms with Crippen LogP contribution in [0.5, 0.6) is 11.5 Å². The molecule has 0 amide bonds. The molecule has 3 aromatic carbocycles. The molecule has 234 valence electrons. The van der Waals surface area contributed by atoms with Crippen LogP contribution in [0.25, 0.3) is 17.2 Å². The molecular formula is C40H52N2O2. The van der Waals surface area contributed by atoms with E-state index in [9.17, 15) is 10.2 Å². The van der Waals surface area contributed by atoms with E-state index < -0.39 is 0 Å². The number of nitrogens with zero attached hydrogens (tertiary/aromatic N) is 2. The number of aromatic hydroxyl groups is 2. The third-order valence-electron chi connectivity index (χ3n) is 8.74. The molecule has 1 aliphatic rings. The Hall–Kier alpha value is -3.66. The second kappa shape index (κ2) is 12.8. The molecule has 0 aliphatic heterocycles. The third kappa shape index (κ3) is 7.70. The number of phenols is 2. The van der Waals surface area contributed by atoms with Crippen LogP contribution in [0.2, 0.25) is 0 Å². The molecule has 4 rings (SSSR count). The van der Waals surface area contributed by atoms with Crippen LogP contribution in [0.3, 0.4) is 0 Å². The first-order valence-corrected chi connectivity index (χ1v) is 16.0. The lowest BCUT2D eigenvalue weighted by molar-refractivity contribution is 0.390. The SMILES string of the molecule is C=Cc1ccc(-c2cc(/C=N/[C@@H]3CCCC[C@H]3/N=C/c3cc(C(C)(C)C)cc(C(C)(C)C)c3O)c(O)c(C(C)(C)C)c2)cc1. The van der Waals surface area contributed by atoms with Crippen LogP contribution in [0.4, 0.5) is 0 Å². The fourth-order valence-corrected chi connectivity index (χ4v) is 5.86. The zero-order chi connectivity index (χ0) is 32.4. The van der Waals surface area contributed by atoms with Gasteiger partial charge in [0.1, 0.15) is 11.5 Å². The van der Waals surface area contributed by atoms with Crippen molar-refractivity contribution in [3.63, 3.8) is 0 Å². The van der Waals surface area contributed by atoms with E-state index in [-0.39, 0.29) is 34.1 Å². The van der Waals surface area contributed by atoms with Gasteiger partial charge in [0.2, 0.25) is 0 Å². The average Bonchev–Trinajstić information content (AvgIpc) is 2.94. The van der Waals surface area contributed by atoms with Gasteiger partial charge in [-0.3, -0.25) is 9.98 Å². The van der Waals surface area contributed by atoms with E-state index in [4.69, 9.17) is 9.98 Å². The summed E-state index contributed by atoms with van der Waals surface area (Å²) in [6.07, 6.45) is 9.64. The van der Waals surface area contributed by atoms with Crippen molar-refractivity contribution in [1.29, 1.82) is 0 Å². The molecule has 4 heteroatoms. The molecule has 3 aromatic rings. The summed E-state index contributed by atoms with van der Waals surface area (Å²) in [5, 5.41) is 22.7. The van der Waals surface area contributed by atoms with Crippen LogP contribution in [0.15, 0.2) is 65.1 Å². The van der Waals surface area contributed by atoms with E-state index in [0.29, 0.717) is 5.75 Å². The van der Waals surface area contributed by atoms with Crippen LogP contribution < -0.4 is 0 Å². The van der Waals surface area contributed by atoms with Crippen molar-refractivity contribution >= 4 is 18.5 Å². The van der Waals surface area contributed by atoms with Crippen LogP contribution in [-0.4, -0.2) is 34.7 Å². The summed E-state index contributed by atoms with van der Waals surface area (Å²) >= 11 is 0. The van der Waals surface area contributed by atoms with Crippen molar-refractivity contribution in [2.45, 2.75) is 116 Å². The third-order valence-corrected chi connectivity index (χ3v) is 8.74. The number of hydrogen-bond donors (Lipinski definition) is 2. The van der Waals surface area contributed by atoms with Gasteiger partial charge in [-0.1, -0.05) is 118 Å². The van der Waals surface area contributed by atoms with Gasteiger partial charge in [0, 0.05) is 34.7 Å². The smallest absolute Gasteiger partial charge is 0.128 e. The predicted molar refractivity (Wildman–Crippen MR) is 189 cm³/mol. The van der Waals surface area contributed by atoms with Gasteiger partial charge in [-0.2, -0.15) is 0 Å². The minimum Gasteiger partial charge on any atom is -0.507 e. The Morgan fingerprint density at radius 2 is 1.11 bits per heavy atom. The largest absolute Gasteiger partial charge is 0.507 e. The molecule has 0 saturated heterocycles. The van der Waals surface area contributed by atoms with E-state index in [2.05, 4.69) is 111 Å². The number of hydrogen-bond acceptors (Lipinski definition) is 4. The quantitative estimate of drug-likeness (QED) is 0.280. The Morgan fingerprint density at radius 3 is 1.57 bits per heavy atom. The van der Waals surface area contributed by atoms with Gasteiger partial charge in [0.15, 0.2) is 0 Å². The highest BCUT2D eigenvalue weighted by Crippen LogP contribution is 2.39. The van der Waals surface area contributed by atoms with E-state index in [1.54, 1.807) is 0 Å². The van der Waals surface area contributed by atoms with Crippen molar-refractivity contribution in [3.8, 4) is 22.6 Å². The lowest BCUT2D eigenvalue weighted by atomic mass is 9.79. The van der Waals surface area contributed by atoms with Gasteiger partial charge < -0.3 is 10.2 Å². The average molecular weight is 593 g/mol. The first kappa shape index (κ1) is 33.2. The molecule has 2 atom stereocenters. The van der Waals surface area contributed by atoms with Crippen LogP contribution in [-0.2, 0) is 16.2 Å². The summed E-state index contributed by atoms with van der Waals surface area (Å²) in [6, 6.07) is 16.7. The van der Waals surface area contributed by atoms with Gasteiger partial charge in [0.25, 0.3) is 0 Å². The van der Waals surface area contributed by atoms with Crippen molar-refractivity contribution in [2.24, 2.45) is 9.98 Å². The Labute approximate surface area is 265 Å². The maximum absolute atomic E-state index is 11.4. The van der Waals surface area contributed by atoms with Crippen LogP contribution >= 0.6 is 0 Å². The number of aliphatic imine (C=N–C) groups is 2. The lowest BCUT2D eigenvalue weighted by Gasteiger charge is -2.28. The summed E-state index contributed by atoms with van der Waals surface area (Å²) in [7, 11) is 0. The first-order valence-electron chi connectivity index (χ1n) is 16.0. The van der Waals surface area contributed by atoms with Crippen LogP contribution in [0, 0.1) is 0 Å². The summed E-state index contributed by atoms with van der Waals surface area (Å²) in [6.45, 7) is 23.2. The van der Waals surface area contributed by atoms with Gasteiger partial charge >= 0.3 is 0 Å². The Balaban J connectivity index is 1.70. The van der Waals surface area contributed by atoms with Crippen molar-refractivity contribution < 1.29 is 10.2 Å². The van der Waals surface area contributed by atoms with Gasteiger partial charge in [-0.15, -0.1) is 0 Å². The molecule has 2 N–H and O–H groups in total. The summed E-state index contributed by atoms with van der Waals surface area (Å²) in [5.74, 6) is 0.588. The van der Waals surface area contributed by atoms with Gasteiger partial charge in [-0.05, 0) is 69.5 Å². The van der Waals surface area contributed by atoms with E-state index in [1.807, 2.05) is 24.6 Å². The predicted octanol–water partition coefficient (Wildman–Crippen LogP) is 10.1. The van der Waals surface area contributed by atoms with E-state index in [0.717, 1.165) is 64.6 Å². The summed E-state index contributed by atoms with van der Waals surface area (Å²) in [4.78, 5) is 10.1. The molecule has 1 saturated carbocycles. The molecule has 44 heavy (non-hydrogen) atoms. The zero-order valence-electron chi connectivity index (χ0n) is 28.3. The second-order valence-electron chi connectivity index (χ2n) is 15.5. The summed E-state index contributed by atoms with van der Waals surface area (Å²) < 4.78 is 0. The second-order valence-corrected chi connectivity index (χ2v) is 15.5. The molecule has 0 spiro atoms. The molecule has 0 unspecified atom stereocenters. The fraction of sp³-hybridized carbons (Fsp3) is 0.450. The normalized spacial score (nSPS) is 18.3.